The molecule has 3 rings (SSSR count). The zero-order chi connectivity index (χ0) is 15.7. The summed E-state index contributed by atoms with van der Waals surface area (Å²) >= 11 is 0. The number of hydrogen-bond donors (Lipinski definition) is 1. The van der Waals surface area contributed by atoms with Crippen LogP contribution in [0.4, 0.5) is 4.39 Å². The minimum absolute atomic E-state index is 0.00202. The first-order valence-corrected chi connectivity index (χ1v) is 7.25. The standard InChI is InChI=1S/C18H17FO3/c1-22-14-5-7-16-12(9-14)3-2-11-8-13(19)4-6-15(11)17(16)10-18(20)21/h4-9,17H,2-3,10H2,1H3,(H,20,21). The van der Waals surface area contributed by atoms with Crippen LogP contribution in [-0.2, 0) is 17.6 Å². The van der Waals surface area contributed by atoms with Crippen molar-refractivity contribution in [1.29, 1.82) is 0 Å². The molecule has 2 aromatic rings. The molecule has 0 amide bonds. The first-order chi connectivity index (χ1) is 10.6. The molecule has 0 aliphatic heterocycles. The van der Waals surface area contributed by atoms with Crippen LogP contribution in [0.3, 0.4) is 0 Å². The molecule has 1 unspecified atom stereocenters. The molecule has 4 heteroatoms. The third kappa shape index (κ3) is 2.69. The topological polar surface area (TPSA) is 46.5 Å². The van der Waals surface area contributed by atoms with Crippen molar-refractivity contribution in [2.24, 2.45) is 0 Å². The Balaban J connectivity index is 2.14. The van der Waals surface area contributed by atoms with E-state index in [0.717, 1.165) is 34.4 Å². The van der Waals surface area contributed by atoms with Gasteiger partial charge in [0.25, 0.3) is 0 Å². The first-order valence-electron chi connectivity index (χ1n) is 7.25. The van der Waals surface area contributed by atoms with Crippen LogP contribution in [0.5, 0.6) is 5.75 Å². The van der Waals surface area contributed by atoms with Gasteiger partial charge in [0.15, 0.2) is 0 Å². The number of hydrogen-bond acceptors (Lipinski definition) is 2. The Bertz CT molecular complexity index is 724. The molecule has 1 atom stereocenters. The maximum atomic E-state index is 13.5. The van der Waals surface area contributed by atoms with Crippen LogP contribution in [0.1, 0.15) is 34.6 Å². The summed E-state index contributed by atoms with van der Waals surface area (Å²) < 4.78 is 18.8. The fourth-order valence-corrected chi connectivity index (χ4v) is 3.23. The lowest BCUT2D eigenvalue weighted by atomic mass is 9.85. The van der Waals surface area contributed by atoms with Crippen LogP contribution < -0.4 is 4.74 Å². The van der Waals surface area contributed by atoms with Crippen molar-refractivity contribution in [2.75, 3.05) is 7.11 Å². The second-order valence-corrected chi connectivity index (χ2v) is 5.56. The molecule has 0 radical (unpaired) electrons. The highest BCUT2D eigenvalue weighted by Gasteiger charge is 2.26. The molecule has 22 heavy (non-hydrogen) atoms. The normalized spacial score (nSPS) is 16.4. The molecular weight excluding hydrogens is 283 g/mol. The van der Waals surface area contributed by atoms with E-state index in [4.69, 9.17) is 4.74 Å². The molecular formula is C18H17FO3. The summed E-state index contributed by atoms with van der Waals surface area (Å²) in [4.78, 5) is 11.3. The zero-order valence-electron chi connectivity index (χ0n) is 12.3. The van der Waals surface area contributed by atoms with Gasteiger partial charge in [-0.15, -0.1) is 0 Å². The fraction of sp³-hybridized carbons (Fsp3) is 0.278. The molecule has 1 N–H and O–H groups in total. The number of ether oxygens (including phenoxy) is 1. The lowest BCUT2D eigenvalue weighted by molar-refractivity contribution is -0.137. The number of carboxylic acid groups (broad SMARTS) is 1. The molecule has 2 aromatic carbocycles. The van der Waals surface area contributed by atoms with Gasteiger partial charge in [0.1, 0.15) is 11.6 Å². The van der Waals surface area contributed by atoms with Crippen molar-refractivity contribution in [1.82, 2.24) is 0 Å². The molecule has 0 saturated carbocycles. The largest absolute Gasteiger partial charge is 0.497 e. The van der Waals surface area contributed by atoms with E-state index in [1.807, 2.05) is 18.2 Å². The summed E-state index contributed by atoms with van der Waals surface area (Å²) in [7, 11) is 1.61. The lowest BCUT2D eigenvalue weighted by Gasteiger charge is -2.19. The minimum Gasteiger partial charge on any atom is -0.497 e. The predicted molar refractivity (Wildman–Crippen MR) is 80.9 cm³/mol. The van der Waals surface area contributed by atoms with Crippen molar-refractivity contribution < 1.29 is 19.0 Å². The fourth-order valence-electron chi connectivity index (χ4n) is 3.23. The molecule has 0 aromatic heterocycles. The van der Waals surface area contributed by atoms with Crippen molar-refractivity contribution in [3.63, 3.8) is 0 Å². The first kappa shape index (κ1) is 14.6. The molecule has 0 spiro atoms. The van der Waals surface area contributed by atoms with Crippen LogP contribution in [0.25, 0.3) is 0 Å². The van der Waals surface area contributed by atoms with E-state index in [2.05, 4.69) is 0 Å². The van der Waals surface area contributed by atoms with Gasteiger partial charge >= 0.3 is 5.97 Å². The molecule has 0 heterocycles. The summed E-state index contributed by atoms with van der Waals surface area (Å²) in [5, 5.41) is 9.27. The Morgan fingerprint density at radius 1 is 1.18 bits per heavy atom. The van der Waals surface area contributed by atoms with E-state index in [0.29, 0.717) is 6.42 Å². The Morgan fingerprint density at radius 3 is 2.45 bits per heavy atom. The van der Waals surface area contributed by atoms with Gasteiger partial charge in [0.05, 0.1) is 13.5 Å². The molecule has 1 aliphatic carbocycles. The number of methoxy groups -OCH3 is 1. The van der Waals surface area contributed by atoms with Gasteiger partial charge in [-0.1, -0.05) is 12.1 Å². The van der Waals surface area contributed by atoms with Crippen LogP contribution >= 0.6 is 0 Å². The number of benzene rings is 2. The van der Waals surface area contributed by atoms with E-state index >= 15 is 0 Å². The molecule has 0 bridgehead atoms. The number of carboxylic acids is 1. The van der Waals surface area contributed by atoms with Gasteiger partial charge < -0.3 is 9.84 Å². The van der Waals surface area contributed by atoms with Gasteiger partial charge in [-0.2, -0.15) is 0 Å². The second kappa shape index (κ2) is 5.79. The predicted octanol–water partition coefficient (Wildman–Crippen LogP) is 3.54. The summed E-state index contributed by atoms with van der Waals surface area (Å²) in [6.45, 7) is 0. The summed E-state index contributed by atoms with van der Waals surface area (Å²) in [6, 6.07) is 10.4. The smallest absolute Gasteiger partial charge is 0.304 e. The van der Waals surface area contributed by atoms with Gasteiger partial charge in [0, 0.05) is 5.92 Å². The van der Waals surface area contributed by atoms with E-state index in [9.17, 15) is 14.3 Å². The van der Waals surface area contributed by atoms with Crippen molar-refractivity contribution >= 4 is 5.97 Å². The highest BCUT2D eigenvalue weighted by molar-refractivity contribution is 5.70. The van der Waals surface area contributed by atoms with Crippen LogP contribution in [-0.4, -0.2) is 18.2 Å². The summed E-state index contributed by atoms with van der Waals surface area (Å²) in [6.07, 6.45) is 1.44. The minimum atomic E-state index is -0.857. The van der Waals surface area contributed by atoms with Crippen molar-refractivity contribution in [2.45, 2.75) is 25.2 Å². The third-order valence-electron chi connectivity index (χ3n) is 4.25. The van der Waals surface area contributed by atoms with Gasteiger partial charge in [-0.05, 0) is 59.4 Å². The van der Waals surface area contributed by atoms with Crippen molar-refractivity contribution in [3.8, 4) is 5.75 Å². The van der Waals surface area contributed by atoms with E-state index < -0.39 is 5.97 Å². The Hall–Kier alpha value is -2.36. The number of aliphatic carboxylic acids is 1. The second-order valence-electron chi connectivity index (χ2n) is 5.56. The average molecular weight is 300 g/mol. The van der Waals surface area contributed by atoms with Gasteiger partial charge in [-0.3, -0.25) is 4.79 Å². The average Bonchev–Trinajstić information content (AvgIpc) is 2.64. The lowest BCUT2D eigenvalue weighted by Crippen LogP contribution is -2.10. The molecule has 3 nitrogen and oxygen atoms in total. The Kier molecular flexibility index (Phi) is 3.84. The monoisotopic (exact) mass is 300 g/mol. The SMILES string of the molecule is COc1ccc2c(c1)CCc1cc(F)ccc1C2CC(=O)O. The van der Waals surface area contributed by atoms with Gasteiger partial charge in [0.2, 0.25) is 0 Å². The number of carbonyl (C=O) groups is 1. The van der Waals surface area contributed by atoms with E-state index in [-0.39, 0.29) is 18.2 Å². The zero-order valence-corrected chi connectivity index (χ0v) is 12.3. The summed E-state index contributed by atoms with van der Waals surface area (Å²) in [5.74, 6) is -0.637. The Labute approximate surface area is 128 Å². The van der Waals surface area contributed by atoms with E-state index in [1.165, 1.54) is 12.1 Å². The number of aryl methyl sites for hydroxylation is 2. The number of fused-ring (bicyclic) bond motifs is 2. The van der Waals surface area contributed by atoms with E-state index in [1.54, 1.807) is 13.2 Å². The molecule has 1 aliphatic rings. The molecule has 0 saturated heterocycles. The maximum absolute atomic E-state index is 13.5. The molecule has 0 fully saturated rings. The highest BCUT2D eigenvalue weighted by Crippen LogP contribution is 2.38. The third-order valence-corrected chi connectivity index (χ3v) is 4.25. The van der Waals surface area contributed by atoms with Crippen LogP contribution in [0.15, 0.2) is 36.4 Å². The number of rotatable bonds is 3. The van der Waals surface area contributed by atoms with Crippen LogP contribution in [0.2, 0.25) is 0 Å². The molecule has 114 valence electrons. The maximum Gasteiger partial charge on any atom is 0.304 e. The van der Waals surface area contributed by atoms with Crippen molar-refractivity contribution in [3.05, 3.63) is 64.5 Å². The highest BCUT2D eigenvalue weighted by atomic mass is 19.1. The Morgan fingerprint density at radius 2 is 1.82 bits per heavy atom. The quantitative estimate of drug-likeness (QED) is 0.943. The van der Waals surface area contributed by atoms with Crippen LogP contribution in [0, 0.1) is 5.82 Å². The van der Waals surface area contributed by atoms with Gasteiger partial charge in [-0.25, -0.2) is 4.39 Å². The number of halogens is 1. The summed E-state index contributed by atoms with van der Waals surface area (Å²) in [5.41, 5.74) is 3.87.